The highest BCUT2D eigenvalue weighted by atomic mass is 32.2. The molecule has 1 aliphatic heterocycles. The molecule has 4 heteroatoms. The van der Waals surface area contributed by atoms with E-state index in [1.165, 1.54) is 66.8 Å². The van der Waals surface area contributed by atoms with E-state index in [2.05, 4.69) is 115 Å². The van der Waals surface area contributed by atoms with Gasteiger partial charge in [-0.25, -0.2) is 0 Å². The van der Waals surface area contributed by atoms with Crippen LogP contribution in [-0.4, -0.2) is 0 Å². The zero-order valence-electron chi connectivity index (χ0n) is 21.4. The Morgan fingerprint density at radius 2 is 1.23 bits per heavy atom. The number of fused-ring (bicyclic) bond motifs is 9. The highest BCUT2D eigenvalue weighted by Crippen LogP contribution is 2.55. The van der Waals surface area contributed by atoms with Crippen LogP contribution in [0.5, 0.6) is 11.5 Å². The van der Waals surface area contributed by atoms with Crippen molar-refractivity contribution in [1.82, 2.24) is 0 Å². The molecule has 1 aliphatic carbocycles. The second-order valence-electron chi connectivity index (χ2n) is 10.5. The minimum absolute atomic E-state index is 0.377. The first-order chi connectivity index (χ1) is 19.8. The molecule has 190 valence electrons. The molecule has 0 bridgehead atoms. The van der Waals surface area contributed by atoms with Crippen LogP contribution >= 0.6 is 34.4 Å². The molecule has 1 nitrogen and oxygen atoms in total. The van der Waals surface area contributed by atoms with E-state index in [1.54, 1.807) is 0 Å². The standard InChI is InChI=1S/C36H22OS3/c1-3-7-31-25(5-1)27-17-21(9-13-33(27)38-31)22-10-14-34-28(18-22)30-20-24(12-16-36(30)40-34)37-23-11-15-35-29(19-23)26-6-2-4-8-32(26)39-35/h1-17,19-20,28H,18H2. The highest BCUT2D eigenvalue weighted by molar-refractivity contribution is 8.03. The topological polar surface area (TPSA) is 9.23 Å². The average Bonchev–Trinajstić information content (AvgIpc) is 3.67. The van der Waals surface area contributed by atoms with E-state index in [1.807, 2.05) is 34.4 Å². The summed E-state index contributed by atoms with van der Waals surface area (Å²) in [7, 11) is 0. The highest BCUT2D eigenvalue weighted by Gasteiger charge is 2.31. The van der Waals surface area contributed by atoms with Crippen LogP contribution < -0.4 is 4.74 Å². The van der Waals surface area contributed by atoms with Gasteiger partial charge in [0.25, 0.3) is 0 Å². The first-order valence-corrected chi connectivity index (χ1v) is 16.0. The normalized spacial score (nSPS) is 16.4. The molecule has 0 saturated heterocycles. The lowest BCUT2D eigenvalue weighted by Crippen LogP contribution is -2.02. The van der Waals surface area contributed by atoms with Crippen molar-refractivity contribution in [2.45, 2.75) is 17.2 Å². The SMILES string of the molecule is C1=C(c2ccc3sc4ccccc4c3c2)CC2C(=C1)Sc1ccc(Oc3ccc4sc5ccccc5c4c3)cc12. The van der Waals surface area contributed by atoms with Gasteiger partial charge in [0.1, 0.15) is 11.5 Å². The fraction of sp³-hybridized carbons (Fsp3) is 0.0556. The first-order valence-electron chi connectivity index (χ1n) is 13.5. The van der Waals surface area contributed by atoms with Crippen molar-refractivity contribution in [1.29, 1.82) is 0 Å². The monoisotopic (exact) mass is 566 g/mol. The van der Waals surface area contributed by atoms with Gasteiger partial charge in [0.15, 0.2) is 0 Å². The Morgan fingerprint density at radius 1 is 0.575 bits per heavy atom. The summed E-state index contributed by atoms with van der Waals surface area (Å²) >= 11 is 5.62. The van der Waals surface area contributed by atoms with E-state index in [-0.39, 0.29) is 0 Å². The summed E-state index contributed by atoms with van der Waals surface area (Å²) in [6.45, 7) is 0. The Labute approximate surface area is 244 Å². The van der Waals surface area contributed by atoms with Gasteiger partial charge in [-0.3, -0.25) is 0 Å². The van der Waals surface area contributed by atoms with Crippen LogP contribution in [0.15, 0.2) is 125 Å². The molecule has 7 aromatic rings. The van der Waals surface area contributed by atoms with E-state index in [4.69, 9.17) is 4.74 Å². The van der Waals surface area contributed by atoms with Crippen LogP contribution in [-0.2, 0) is 0 Å². The predicted molar refractivity (Wildman–Crippen MR) is 174 cm³/mol. The van der Waals surface area contributed by atoms with Gasteiger partial charge in [0, 0.05) is 51.2 Å². The van der Waals surface area contributed by atoms with Gasteiger partial charge in [-0.1, -0.05) is 66.4 Å². The summed E-state index contributed by atoms with van der Waals surface area (Å²) in [4.78, 5) is 2.78. The molecule has 0 saturated carbocycles. The van der Waals surface area contributed by atoms with Crippen LogP contribution in [0.4, 0.5) is 0 Å². The molecule has 2 aliphatic rings. The average molecular weight is 567 g/mol. The van der Waals surface area contributed by atoms with Crippen LogP contribution in [0.2, 0.25) is 0 Å². The fourth-order valence-electron chi connectivity index (χ4n) is 6.18. The van der Waals surface area contributed by atoms with Crippen LogP contribution in [0.25, 0.3) is 45.9 Å². The molecule has 0 fully saturated rings. The molecule has 3 heterocycles. The maximum absolute atomic E-state index is 6.46. The van der Waals surface area contributed by atoms with E-state index >= 15 is 0 Å². The zero-order valence-corrected chi connectivity index (χ0v) is 23.8. The van der Waals surface area contributed by atoms with Gasteiger partial charge < -0.3 is 4.74 Å². The number of thiophene rings is 2. The summed E-state index contributed by atoms with van der Waals surface area (Å²) in [5.74, 6) is 2.17. The lowest BCUT2D eigenvalue weighted by molar-refractivity contribution is 0.482. The number of allylic oxidation sites excluding steroid dienone is 4. The second kappa shape index (κ2) is 8.84. The Balaban J connectivity index is 1.03. The quantitative estimate of drug-likeness (QED) is 0.210. The molecule has 0 amide bonds. The summed E-state index contributed by atoms with van der Waals surface area (Å²) < 4.78 is 11.8. The number of ether oxygens (including phenoxy) is 1. The van der Waals surface area contributed by atoms with Gasteiger partial charge in [-0.05, 0) is 88.7 Å². The van der Waals surface area contributed by atoms with E-state index in [0.29, 0.717) is 5.92 Å². The van der Waals surface area contributed by atoms with E-state index in [0.717, 1.165) is 17.9 Å². The zero-order chi connectivity index (χ0) is 26.2. The molecule has 1 unspecified atom stereocenters. The summed E-state index contributed by atoms with van der Waals surface area (Å²) in [5, 5.41) is 5.27. The smallest absolute Gasteiger partial charge is 0.128 e. The molecule has 40 heavy (non-hydrogen) atoms. The van der Waals surface area contributed by atoms with Crippen molar-refractivity contribution < 1.29 is 4.74 Å². The largest absolute Gasteiger partial charge is 0.457 e. The molecule has 0 spiro atoms. The minimum atomic E-state index is 0.377. The Morgan fingerprint density at radius 3 is 2.02 bits per heavy atom. The molecule has 5 aromatic carbocycles. The van der Waals surface area contributed by atoms with Crippen LogP contribution in [0.3, 0.4) is 0 Å². The van der Waals surface area contributed by atoms with Crippen molar-refractivity contribution in [3.05, 3.63) is 131 Å². The Kier molecular flexibility index (Phi) is 5.07. The van der Waals surface area contributed by atoms with Crippen LogP contribution in [0, 0.1) is 0 Å². The maximum atomic E-state index is 6.46. The van der Waals surface area contributed by atoms with Gasteiger partial charge in [0.2, 0.25) is 0 Å². The van der Waals surface area contributed by atoms with Crippen molar-refractivity contribution in [2.75, 3.05) is 0 Å². The lowest BCUT2D eigenvalue weighted by Gasteiger charge is -2.20. The molecular weight excluding hydrogens is 545 g/mol. The minimum Gasteiger partial charge on any atom is -0.457 e. The third-order valence-corrected chi connectivity index (χ3v) is 11.7. The number of hydrogen-bond donors (Lipinski definition) is 0. The Hall–Kier alpha value is -3.83. The third kappa shape index (κ3) is 3.60. The summed E-state index contributed by atoms with van der Waals surface area (Å²) in [6, 6.07) is 37.4. The lowest BCUT2D eigenvalue weighted by atomic mass is 9.85. The summed E-state index contributed by atoms with van der Waals surface area (Å²) in [5.41, 5.74) is 4.11. The van der Waals surface area contributed by atoms with Gasteiger partial charge in [0.05, 0.1) is 0 Å². The number of thioether (sulfide) groups is 1. The number of rotatable bonds is 3. The summed E-state index contributed by atoms with van der Waals surface area (Å²) in [6.07, 6.45) is 5.67. The van der Waals surface area contributed by atoms with E-state index in [9.17, 15) is 0 Å². The van der Waals surface area contributed by atoms with Gasteiger partial charge in [-0.15, -0.1) is 22.7 Å². The first kappa shape index (κ1) is 22.9. The van der Waals surface area contributed by atoms with Crippen LogP contribution in [0.1, 0.15) is 23.5 Å². The van der Waals surface area contributed by atoms with Crippen molar-refractivity contribution in [2.24, 2.45) is 0 Å². The number of hydrogen-bond acceptors (Lipinski definition) is 4. The predicted octanol–water partition coefficient (Wildman–Crippen LogP) is 11.8. The van der Waals surface area contributed by atoms with Gasteiger partial charge >= 0.3 is 0 Å². The molecule has 2 aromatic heterocycles. The molecular formula is C36H22OS3. The molecule has 1 atom stereocenters. The fourth-order valence-corrected chi connectivity index (χ4v) is 9.55. The van der Waals surface area contributed by atoms with Gasteiger partial charge in [-0.2, -0.15) is 0 Å². The second-order valence-corrected chi connectivity index (χ2v) is 13.8. The van der Waals surface area contributed by atoms with E-state index < -0.39 is 0 Å². The molecule has 0 N–H and O–H groups in total. The molecule has 0 radical (unpaired) electrons. The van der Waals surface area contributed by atoms with Crippen molar-refractivity contribution in [3.8, 4) is 11.5 Å². The van der Waals surface area contributed by atoms with Crippen molar-refractivity contribution in [3.63, 3.8) is 0 Å². The number of benzene rings is 5. The third-order valence-electron chi connectivity index (χ3n) is 8.13. The molecule has 9 rings (SSSR count). The van der Waals surface area contributed by atoms with Crippen molar-refractivity contribution >= 4 is 80.4 Å². The maximum Gasteiger partial charge on any atom is 0.128 e. The Bertz CT molecular complexity index is 2210.